The van der Waals surface area contributed by atoms with Crippen molar-refractivity contribution in [3.63, 3.8) is 0 Å². The van der Waals surface area contributed by atoms with Gasteiger partial charge in [0, 0.05) is 30.7 Å². The monoisotopic (exact) mass is 456 g/mol. The first-order valence-corrected chi connectivity index (χ1v) is 12.0. The standard InChI is InChI=1S/C22H28N6O3S/c1-30-22-23-12-16(21(29)26-22)18-11-17-19(32-18)20(25-14-24-17)28-8-5-15(13-28)31-10-9-27-6-3-2-4-7-27/h11-12,14-15H,2-10,13H2,1H3,(H,23,26,29). The van der Waals surface area contributed by atoms with Crippen molar-refractivity contribution in [1.82, 2.24) is 24.8 Å². The molecule has 2 aliphatic heterocycles. The molecule has 0 radical (unpaired) electrons. The highest BCUT2D eigenvalue weighted by Gasteiger charge is 2.26. The first-order chi connectivity index (χ1) is 15.7. The number of nitrogens with one attached hydrogen (secondary N) is 1. The van der Waals surface area contributed by atoms with E-state index in [1.807, 2.05) is 6.07 Å². The maximum Gasteiger partial charge on any atom is 0.296 e. The third-order valence-corrected chi connectivity index (χ3v) is 7.34. The van der Waals surface area contributed by atoms with Gasteiger partial charge in [0.2, 0.25) is 0 Å². The van der Waals surface area contributed by atoms with Crippen LogP contribution in [0.15, 0.2) is 23.4 Å². The van der Waals surface area contributed by atoms with Gasteiger partial charge in [0.1, 0.15) is 12.1 Å². The van der Waals surface area contributed by atoms with E-state index in [4.69, 9.17) is 9.47 Å². The van der Waals surface area contributed by atoms with Gasteiger partial charge in [-0.2, -0.15) is 0 Å². The second-order valence-corrected chi connectivity index (χ2v) is 9.34. The maximum atomic E-state index is 12.4. The highest BCUT2D eigenvalue weighted by Crippen LogP contribution is 2.36. The Morgan fingerprint density at radius 1 is 1.19 bits per heavy atom. The summed E-state index contributed by atoms with van der Waals surface area (Å²) in [5.41, 5.74) is 1.10. The molecular formula is C22H28N6O3S. The molecule has 10 heteroatoms. The van der Waals surface area contributed by atoms with Crippen LogP contribution in [0.2, 0.25) is 0 Å². The maximum absolute atomic E-state index is 12.4. The number of methoxy groups -OCH3 is 1. The zero-order valence-electron chi connectivity index (χ0n) is 18.2. The van der Waals surface area contributed by atoms with Crippen molar-refractivity contribution in [3.05, 3.63) is 28.9 Å². The van der Waals surface area contributed by atoms with Crippen LogP contribution in [-0.4, -0.2) is 77.4 Å². The quantitative estimate of drug-likeness (QED) is 0.579. The summed E-state index contributed by atoms with van der Waals surface area (Å²) in [6.07, 6.45) is 8.32. The van der Waals surface area contributed by atoms with Gasteiger partial charge in [-0.15, -0.1) is 11.3 Å². The minimum absolute atomic E-state index is 0.198. The van der Waals surface area contributed by atoms with E-state index >= 15 is 0 Å². The predicted molar refractivity (Wildman–Crippen MR) is 125 cm³/mol. The Bertz CT molecular complexity index is 1130. The first-order valence-electron chi connectivity index (χ1n) is 11.2. The second-order valence-electron chi connectivity index (χ2n) is 8.29. The minimum Gasteiger partial charge on any atom is -0.468 e. The van der Waals surface area contributed by atoms with E-state index in [-0.39, 0.29) is 17.7 Å². The van der Waals surface area contributed by atoms with E-state index in [1.54, 1.807) is 6.33 Å². The van der Waals surface area contributed by atoms with Gasteiger partial charge in [0.25, 0.3) is 11.6 Å². The SMILES string of the molecule is COc1ncc(-c2cc3ncnc(N4CCC(OCCN5CCCCC5)C4)c3s2)c(=O)[nH]1. The molecule has 1 unspecified atom stereocenters. The Labute approximate surface area is 190 Å². The number of hydrogen-bond donors (Lipinski definition) is 1. The number of rotatable bonds is 7. The lowest BCUT2D eigenvalue weighted by molar-refractivity contribution is 0.0467. The minimum atomic E-state index is -0.235. The molecule has 1 N–H and O–H groups in total. The number of ether oxygens (including phenoxy) is 2. The Hall–Kier alpha value is -2.56. The molecule has 0 spiro atoms. The van der Waals surface area contributed by atoms with Crippen molar-refractivity contribution in [2.24, 2.45) is 0 Å². The van der Waals surface area contributed by atoms with Gasteiger partial charge in [-0.1, -0.05) is 6.42 Å². The van der Waals surface area contributed by atoms with Crippen LogP contribution in [-0.2, 0) is 4.74 Å². The van der Waals surface area contributed by atoms with Gasteiger partial charge in [-0.05, 0) is 38.4 Å². The summed E-state index contributed by atoms with van der Waals surface area (Å²) in [5, 5.41) is 0. The fourth-order valence-corrected chi connectivity index (χ4v) is 5.58. The van der Waals surface area contributed by atoms with Crippen molar-refractivity contribution in [1.29, 1.82) is 0 Å². The Kier molecular flexibility index (Phi) is 6.33. The fourth-order valence-electron chi connectivity index (χ4n) is 4.45. The van der Waals surface area contributed by atoms with Crippen LogP contribution in [0.3, 0.4) is 0 Å². The molecule has 3 aromatic rings. The Balaban J connectivity index is 1.28. The second kappa shape index (κ2) is 9.51. The number of H-pyrrole nitrogens is 1. The average molecular weight is 457 g/mol. The third-order valence-electron chi connectivity index (χ3n) is 6.18. The van der Waals surface area contributed by atoms with Crippen LogP contribution < -0.4 is 15.2 Å². The number of hydrogen-bond acceptors (Lipinski definition) is 9. The zero-order chi connectivity index (χ0) is 21.9. The van der Waals surface area contributed by atoms with Crippen LogP contribution in [0.4, 0.5) is 5.82 Å². The summed E-state index contributed by atoms with van der Waals surface area (Å²) < 4.78 is 12.2. The third kappa shape index (κ3) is 4.48. The zero-order valence-corrected chi connectivity index (χ0v) is 19.1. The van der Waals surface area contributed by atoms with Crippen molar-refractivity contribution in [2.75, 3.05) is 51.3 Å². The van der Waals surface area contributed by atoms with Gasteiger partial charge in [-0.3, -0.25) is 9.78 Å². The number of aromatic nitrogens is 4. The normalized spacial score (nSPS) is 19.7. The van der Waals surface area contributed by atoms with Crippen LogP contribution in [0.1, 0.15) is 25.7 Å². The predicted octanol–water partition coefficient (Wildman–Crippen LogP) is 2.53. The van der Waals surface area contributed by atoms with Gasteiger partial charge in [0.15, 0.2) is 0 Å². The van der Waals surface area contributed by atoms with Crippen molar-refractivity contribution >= 4 is 27.4 Å². The van der Waals surface area contributed by atoms with Crippen molar-refractivity contribution in [2.45, 2.75) is 31.8 Å². The number of aromatic amines is 1. The van der Waals surface area contributed by atoms with Gasteiger partial charge in [0.05, 0.1) is 35.6 Å². The van der Waals surface area contributed by atoms with Crippen LogP contribution in [0, 0.1) is 0 Å². The molecule has 1 atom stereocenters. The molecule has 0 saturated carbocycles. The molecule has 0 aliphatic carbocycles. The largest absolute Gasteiger partial charge is 0.468 e. The topological polar surface area (TPSA) is 96.5 Å². The smallest absolute Gasteiger partial charge is 0.296 e. The molecule has 2 fully saturated rings. The first kappa shape index (κ1) is 21.3. The molecule has 5 heterocycles. The molecular weight excluding hydrogens is 428 g/mol. The number of nitrogens with zero attached hydrogens (tertiary/aromatic N) is 5. The highest BCUT2D eigenvalue weighted by atomic mass is 32.1. The van der Waals surface area contributed by atoms with Crippen molar-refractivity contribution in [3.8, 4) is 16.5 Å². The molecule has 2 aliphatic rings. The molecule has 170 valence electrons. The Morgan fingerprint density at radius 2 is 2.06 bits per heavy atom. The lowest BCUT2D eigenvalue weighted by atomic mass is 10.1. The summed E-state index contributed by atoms with van der Waals surface area (Å²) in [7, 11) is 1.47. The average Bonchev–Trinajstić information content (AvgIpc) is 3.46. The lowest BCUT2D eigenvalue weighted by Gasteiger charge is -2.26. The van der Waals surface area contributed by atoms with E-state index < -0.39 is 0 Å². The van der Waals surface area contributed by atoms with Gasteiger partial charge in [-0.25, -0.2) is 15.0 Å². The number of fused-ring (bicyclic) bond motifs is 1. The number of anilines is 1. The van der Waals surface area contributed by atoms with Crippen LogP contribution in [0.25, 0.3) is 20.7 Å². The molecule has 0 aromatic carbocycles. The molecule has 2 saturated heterocycles. The number of likely N-dealkylation sites (tertiary alicyclic amines) is 1. The van der Waals surface area contributed by atoms with E-state index in [1.165, 1.54) is 57.0 Å². The van der Waals surface area contributed by atoms with E-state index in [0.717, 1.165) is 53.6 Å². The van der Waals surface area contributed by atoms with E-state index in [0.29, 0.717) is 5.56 Å². The van der Waals surface area contributed by atoms with Gasteiger partial charge >= 0.3 is 0 Å². The van der Waals surface area contributed by atoms with Crippen LogP contribution >= 0.6 is 11.3 Å². The highest BCUT2D eigenvalue weighted by molar-refractivity contribution is 7.22. The van der Waals surface area contributed by atoms with E-state index in [2.05, 4.69) is 29.7 Å². The lowest BCUT2D eigenvalue weighted by Crippen LogP contribution is -2.34. The molecule has 32 heavy (non-hydrogen) atoms. The number of thiophene rings is 1. The number of piperidine rings is 1. The van der Waals surface area contributed by atoms with Crippen LogP contribution in [0.5, 0.6) is 6.01 Å². The molecule has 5 rings (SSSR count). The fraction of sp³-hybridized carbons (Fsp3) is 0.545. The summed E-state index contributed by atoms with van der Waals surface area (Å²) in [6, 6.07) is 2.12. The summed E-state index contributed by atoms with van der Waals surface area (Å²) >= 11 is 1.51. The summed E-state index contributed by atoms with van der Waals surface area (Å²) in [6.45, 7) is 5.93. The van der Waals surface area contributed by atoms with Crippen molar-refractivity contribution < 1.29 is 9.47 Å². The molecule has 0 amide bonds. The molecule has 0 bridgehead atoms. The van der Waals surface area contributed by atoms with E-state index in [9.17, 15) is 4.79 Å². The summed E-state index contributed by atoms with van der Waals surface area (Å²) in [4.78, 5) is 33.8. The Morgan fingerprint density at radius 3 is 2.88 bits per heavy atom. The summed E-state index contributed by atoms with van der Waals surface area (Å²) in [5.74, 6) is 0.909. The van der Waals surface area contributed by atoms with Gasteiger partial charge < -0.3 is 19.3 Å². The molecule has 3 aromatic heterocycles. The molecule has 9 nitrogen and oxygen atoms in total.